The average Bonchev–Trinajstić information content (AvgIpc) is 3.29. The number of fused-ring (bicyclic) bond motifs is 1. The van der Waals surface area contributed by atoms with Crippen LogP contribution in [0.5, 0.6) is 5.75 Å². The number of aryl methyl sites for hydroxylation is 1. The van der Waals surface area contributed by atoms with E-state index >= 15 is 0 Å². The van der Waals surface area contributed by atoms with Crippen LogP contribution in [0.2, 0.25) is 0 Å². The van der Waals surface area contributed by atoms with Crippen molar-refractivity contribution in [3.8, 4) is 16.9 Å². The molecular weight excluding hydrogens is 306 g/mol. The van der Waals surface area contributed by atoms with E-state index in [1.165, 1.54) is 23.4 Å². The quantitative estimate of drug-likeness (QED) is 0.780. The molecule has 1 N–H and O–H groups in total. The number of aromatic carboxylic acids is 1. The van der Waals surface area contributed by atoms with Crippen LogP contribution in [-0.2, 0) is 0 Å². The molecule has 6 nitrogen and oxygen atoms in total. The zero-order valence-corrected chi connectivity index (χ0v) is 13.3. The normalized spacial score (nSPS) is 14.0. The molecule has 1 aliphatic carbocycles. The monoisotopic (exact) mass is 323 g/mol. The molecule has 0 aliphatic heterocycles. The van der Waals surface area contributed by atoms with Crippen LogP contribution >= 0.6 is 0 Å². The van der Waals surface area contributed by atoms with Crippen molar-refractivity contribution in [1.29, 1.82) is 0 Å². The van der Waals surface area contributed by atoms with Crippen molar-refractivity contribution in [2.75, 3.05) is 6.61 Å². The van der Waals surface area contributed by atoms with Gasteiger partial charge in [-0.1, -0.05) is 6.07 Å². The highest BCUT2D eigenvalue weighted by atomic mass is 16.5. The SMILES string of the molecule is Cc1cc(OCC2CC2)ccc1-c1cnc2cc(C(=O)O)nn2c1. The summed E-state index contributed by atoms with van der Waals surface area (Å²) in [6.45, 7) is 2.81. The van der Waals surface area contributed by atoms with Crippen LogP contribution in [-0.4, -0.2) is 32.3 Å². The second-order valence-corrected chi connectivity index (χ2v) is 6.21. The Morgan fingerprint density at radius 2 is 2.21 bits per heavy atom. The lowest BCUT2D eigenvalue weighted by atomic mass is 10.0. The first-order valence-electron chi connectivity index (χ1n) is 7.93. The van der Waals surface area contributed by atoms with Crippen molar-refractivity contribution in [2.24, 2.45) is 5.92 Å². The molecule has 122 valence electrons. The molecule has 0 atom stereocenters. The molecule has 1 fully saturated rings. The third kappa shape index (κ3) is 2.82. The molecule has 2 heterocycles. The van der Waals surface area contributed by atoms with Crippen molar-refractivity contribution in [1.82, 2.24) is 14.6 Å². The van der Waals surface area contributed by atoms with E-state index in [1.807, 2.05) is 25.1 Å². The molecule has 0 amide bonds. The topological polar surface area (TPSA) is 76.7 Å². The number of benzene rings is 1. The Morgan fingerprint density at radius 1 is 1.38 bits per heavy atom. The summed E-state index contributed by atoms with van der Waals surface area (Å²) in [5, 5.41) is 13.1. The molecule has 1 aromatic carbocycles. The first kappa shape index (κ1) is 14.7. The van der Waals surface area contributed by atoms with Crippen molar-refractivity contribution >= 4 is 11.6 Å². The van der Waals surface area contributed by atoms with Gasteiger partial charge in [-0.25, -0.2) is 14.3 Å². The van der Waals surface area contributed by atoms with Gasteiger partial charge in [0.1, 0.15) is 5.75 Å². The Bertz CT molecular complexity index is 928. The number of hydrogen-bond donors (Lipinski definition) is 1. The van der Waals surface area contributed by atoms with Crippen molar-refractivity contribution in [3.63, 3.8) is 0 Å². The predicted molar refractivity (Wildman–Crippen MR) is 88.3 cm³/mol. The lowest BCUT2D eigenvalue weighted by Crippen LogP contribution is -2.00. The van der Waals surface area contributed by atoms with Gasteiger partial charge in [0.2, 0.25) is 0 Å². The first-order valence-corrected chi connectivity index (χ1v) is 7.93. The number of aromatic nitrogens is 3. The molecule has 0 radical (unpaired) electrons. The molecule has 4 rings (SSSR count). The summed E-state index contributed by atoms with van der Waals surface area (Å²) in [6.07, 6.45) is 6.06. The minimum Gasteiger partial charge on any atom is -0.493 e. The zero-order valence-electron chi connectivity index (χ0n) is 13.3. The molecule has 24 heavy (non-hydrogen) atoms. The van der Waals surface area contributed by atoms with Gasteiger partial charge in [-0.3, -0.25) is 0 Å². The maximum absolute atomic E-state index is 11.0. The minimum absolute atomic E-state index is 0.0137. The Balaban J connectivity index is 1.64. The van der Waals surface area contributed by atoms with E-state index in [1.54, 1.807) is 12.4 Å². The number of rotatable bonds is 5. The second-order valence-electron chi connectivity index (χ2n) is 6.21. The summed E-state index contributed by atoms with van der Waals surface area (Å²) in [4.78, 5) is 15.3. The Morgan fingerprint density at radius 3 is 2.92 bits per heavy atom. The fourth-order valence-corrected chi connectivity index (χ4v) is 2.67. The Hall–Kier alpha value is -2.89. The average molecular weight is 323 g/mol. The Kier molecular flexibility index (Phi) is 3.45. The van der Waals surface area contributed by atoms with Crippen LogP contribution in [0.1, 0.15) is 28.9 Å². The fraction of sp³-hybridized carbons (Fsp3) is 0.278. The van der Waals surface area contributed by atoms with Gasteiger partial charge >= 0.3 is 5.97 Å². The summed E-state index contributed by atoms with van der Waals surface area (Å²) >= 11 is 0. The fourth-order valence-electron chi connectivity index (χ4n) is 2.67. The second kappa shape index (κ2) is 5.63. The Labute approximate surface area is 138 Å². The molecule has 3 aromatic rings. The van der Waals surface area contributed by atoms with Gasteiger partial charge in [-0.2, -0.15) is 5.10 Å². The van der Waals surface area contributed by atoms with E-state index < -0.39 is 5.97 Å². The highest BCUT2D eigenvalue weighted by Crippen LogP contribution is 2.31. The molecule has 1 saturated carbocycles. The van der Waals surface area contributed by atoms with E-state index in [4.69, 9.17) is 9.84 Å². The van der Waals surface area contributed by atoms with Gasteiger partial charge in [0, 0.05) is 24.0 Å². The van der Waals surface area contributed by atoms with Crippen LogP contribution < -0.4 is 4.74 Å². The van der Waals surface area contributed by atoms with Crippen molar-refractivity contribution in [3.05, 3.63) is 47.9 Å². The molecule has 1 aliphatic rings. The zero-order chi connectivity index (χ0) is 16.7. The van der Waals surface area contributed by atoms with Crippen LogP contribution in [0, 0.1) is 12.8 Å². The van der Waals surface area contributed by atoms with E-state index in [-0.39, 0.29) is 5.69 Å². The summed E-state index contributed by atoms with van der Waals surface area (Å²) in [5.74, 6) is 0.541. The van der Waals surface area contributed by atoms with Gasteiger partial charge in [-0.15, -0.1) is 0 Å². The maximum Gasteiger partial charge on any atom is 0.356 e. The summed E-state index contributed by atoms with van der Waals surface area (Å²) in [6, 6.07) is 7.43. The van der Waals surface area contributed by atoms with Gasteiger partial charge in [0.25, 0.3) is 0 Å². The minimum atomic E-state index is -1.06. The van der Waals surface area contributed by atoms with E-state index in [0.717, 1.165) is 35.0 Å². The first-order chi connectivity index (χ1) is 11.6. The highest BCUT2D eigenvalue weighted by Gasteiger charge is 2.22. The molecule has 6 heteroatoms. The number of hydrogen-bond acceptors (Lipinski definition) is 4. The van der Waals surface area contributed by atoms with Crippen LogP contribution in [0.25, 0.3) is 16.8 Å². The largest absolute Gasteiger partial charge is 0.493 e. The maximum atomic E-state index is 11.0. The van der Waals surface area contributed by atoms with Gasteiger partial charge in [0.05, 0.1) is 6.61 Å². The van der Waals surface area contributed by atoms with Crippen molar-refractivity contribution in [2.45, 2.75) is 19.8 Å². The number of nitrogens with zero attached hydrogens (tertiary/aromatic N) is 3. The van der Waals surface area contributed by atoms with Crippen LogP contribution in [0.4, 0.5) is 0 Å². The summed E-state index contributed by atoms with van der Waals surface area (Å²) < 4.78 is 7.30. The summed E-state index contributed by atoms with van der Waals surface area (Å²) in [5.41, 5.74) is 3.48. The molecular formula is C18H17N3O3. The molecule has 0 bridgehead atoms. The van der Waals surface area contributed by atoms with Crippen molar-refractivity contribution < 1.29 is 14.6 Å². The van der Waals surface area contributed by atoms with Gasteiger partial charge < -0.3 is 9.84 Å². The standard InChI is InChI=1S/C18H17N3O3/c1-11-6-14(24-10-12-2-3-12)4-5-15(11)13-8-19-17-7-16(18(22)23)20-21(17)9-13/h4-9,12H,2-3,10H2,1H3,(H,22,23). The predicted octanol–water partition coefficient (Wildman–Crippen LogP) is 3.19. The number of carbonyl (C=O) groups is 1. The molecule has 0 saturated heterocycles. The van der Waals surface area contributed by atoms with Crippen LogP contribution in [0.3, 0.4) is 0 Å². The highest BCUT2D eigenvalue weighted by molar-refractivity contribution is 5.86. The third-order valence-electron chi connectivity index (χ3n) is 4.22. The number of carboxylic acids is 1. The molecule has 2 aromatic heterocycles. The third-order valence-corrected chi connectivity index (χ3v) is 4.22. The van der Waals surface area contributed by atoms with Gasteiger partial charge in [-0.05, 0) is 48.9 Å². The summed E-state index contributed by atoms with van der Waals surface area (Å²) in [7, 11) is 0. The lowest BCUT2D eigenvalue weighted by molar-refractivity contribution is 0.0690. The lowest BCUT2D eigenvalue weighted by Gasteiger charge is -2.10. The van der Waals surface area contributed by atoms with Gasteiger partial charge in [0.15, 0.2) is 11.3 Å². The smallest absolute Gasteiger partial charge is 0.356 e. The number of ether oxygens (including phenoxy) is 1. The van der Waals surface area contributed by atoms with E-state index in [9.17, 15) is 4.79 Å². The molecule has 0 unspecified atom stereocenters. The molecule has 0 spiro atoms. The van der Waals surface area contributed by atoms with E-state index in [2.05, 4.69) is 10.1 Å². The van der Waals surface area contributed by atoms with E-state index in [0.29, 0.717) is 5.65 Å². The number of carboxylic acid groups (broad SMARTS) is 1. The van der Waals surface area contributed by atoms with Crippen LogP contribution in [0.15, 0.2) is 36.7 Å².